The molecule has 0 aliphatic carbocycles. The Kier molecular flexibility index (Phi) is 5.25. The first kappa shape index (κ1) is 18.4. The van der Waals surface area contributed by atoms with E-state index in [2.05, 4.69) is 37.0 Å². The number of anilines is 1. The molecule has 1 saturated heterocycles. The third-order valence-electron chi connectivity index (χ3n) is 5.13. The van der Waals surface area contributed by atoms with E-state index in [4.69, 9.17) is 9.47 Å². The summed E-state index contributed by atoms with van der Waals surface area (Å²) >= 11 is 0. The number of ether oxygens (including phenoxy) is 2. The number of nitrogens with zero attached hydrogens (tertiary/aromatic N) is 5. The van der Waals surface area contributed by atoms with Gasteiger partial charge in [-0.2, -0.15) is 0 Å². The third kappa shape index (κ3) is 3.70. The van der Waals surface area contributed by atoms with Crippen molar-refractivity contribution in [2.24, 2.45) is 0 Å². The van der Waals surface area contributed by atoms with E-state index in [9.17, 15) is 4.79 Å². The Morgan fingerprint density at radius 2 is 1.82 bits per heavy atom. The van der Waals surface area contributed by atoms with Crippen molar-refractivity contribution in [1.29, 1.82) is 0 Å². The van der Waals surface area contributed by atoms with Crippen molar-refractivity contribution in [3.05, 3.63) is 35.8 Å². The molecule has 2 aliphatic rings. The van der Waals surface area contributed by atoms with Gasteiger partial charge >= 0.3 is 0 Å². The molecule has 0 aromatic carbocycles. The van der Waals surface area contributed by atoms with E-state index in [-0.39, 0.29) is 11.9 Å². The molecule has 148 valence electrons. The van der Waals surface area contributed by atoms with E-state index in [0.717, 1.165) is 31.9 Å². The Bertz CT molecular complexity index is 836. The lowest BCUT2D eigenvalue weighted by Gasteiger charge is -2.37. The van der Waals surface area contributed by atoms with Gasteiger partial charge in [-0.3, -0.25) is 9.69 Å². The molecule has 4 rings (SSSR count). The Balaban J connectivity index is 1.38. The van der Waals surface area contributed by atoms with Gasteiger partial charge in [-0.1, -0.05) is 0 Å². The molecule has 0 bridgehead atoms. The number of carbonyl (C=O) groups is 1. The van der Waals surface area contributed by atoms with Gasteiger partial charge in [0.25, 0.3) is 11.8 Å². The van der Waals surface area contributed by atoms with Crippen LogP contribution in [0.1, 0.15) is 29.0 Å². The highest BCUT2D eigenvalue weighted by Gasteiger charge is 2.25. The number of rotatable bonds is 4. The van der Waals surface area contributed by atoms with E-state index in [1.165, 1.54) is 0 Å². The van der Waals surface area contributed by atoms with E-state index in [1.54, 1.807) is 19.4 Å². The number of fused-ring (bicyclic) bond motifs is 1. The molecule has 4 heterocycles. The predicted octanol–water partition coefficient (Wildman–Crippen LogP) is 0.886. The van der Waals surface area contributed by atoms with Crippen LogP contribution < -0.4 is 19.7 Å². The van der Waals surface area contributed by atoms with Gasteiger partial charge in [0.2, 0.25) is 5.95 Å². The first-order valence-corrected chi connectivity index (χ1v) is 9.45. The van der Waals surface area contributed by atoms with Crippen LogP contribution in [-0.2, 0) is 0 Å². The van der Waals surface area contributed by atoms with Crippen molar-refractivity contribution in [3.63, 3.8) is 0 Å². The maximum absolute atomic E-state index is 11.6. The minimum absolute atomic E-state index is 0.175. The summed E-state index contributed by atoms with van der Waals surface area (Å²) in [5, 5.41) is 2.57. The SMILES string of the molecule is CNC(=O)c1cnc(N2CCN(C(C)c3ccc4c(n3)OCCO4)CC2)nc1. The van der Waals surface area contributed by atoms with E-state index < -0.39 is 0 Å². The second kappa shape index (κ2) is 7.97. The van der Waals surface area contributed by atoms with Crippen molar-refractivity contribution >= 4 is 11.9 Å². The molecule has 2 aromatic heterocycles. The number of hydrogen-bond acceptors (Lipinski definition) is 8. The fourth-order valence-electron chi connectivity index (χ4n) is 3.42. The fraction of sp³-hybridized carbons (Fsp3) is 0.474. The molecule has 1 atom stereocenters. The van der Waals surface area contributed by atoms with Crippen LogP contribution in [0.25, 0.3) is 0 Å². The topological polar surface area (TPSA) is 92.7 Å². The molecule has 28 heavy (non-hydrogen) atoms. The molecule has 1 fully saturated rings. The van der Waals surface area contributed by atoms with Crippen molar-refractivity contribution in [3.8, 4) is 11.6 Å². The van der Waals surface area contributed by atoms with Crippen LogP contribution in [0, 0.1) is 0 Å². The number of hydrogen-bond donors (Lipinski definition) is 1. The van der Waals surface area contributed by atoms with Gasteiger partial charge in [-0.25, -0.2) is 15.0 Å². The van der Waals surface area contributed by atoms with Crippen LogP contribution >= 0.6 is 0 Å². The second-order valence-corrected chi connectivity index (χ2v) is 6.79. The van der Waals surface area contributed by atoms with Gasteiger partial charge in [0.15, 0.2) is 5.75 Å². The Labute approximate surface area is 163 Å². The predicted molar refractivity (Wildman–Crippen MR) is 103 cm³/mol. The lowest BCUT2D eigenvalue weighted by Crippen LogP contribution is -2.47. The van der Waals surface area contributed by atoms with Gasteiger partial charge in [-0.05, 0) is 19.1 Å². The summed E-state index contributed by atoms with van der Waals surface area (Å²) in [5.41, 5.74) is 1.44. The summed E-state index contributed by atoms with van der Waals surface area (Å²) < 4.78 is 11.2. The van der Waals surface area contributed by atoms with Crippen molar-refractivity contribution in [1.82, 2.24) is 25.2 Å². The molecule has 9 heteroatoms. The first-order chi connectivity index (χ1) is 13.7. The molecule has 2 aliphatic heterocycles. The van der Waals surface area contributed by atoms with Crippen molar-refractivity contribution in [2.45, 2.75) is 13.0 Å². The normalized spacial score (nSPS) is 17.9. The number of amides is 1. The van der Waals surface area contributed by atoms with Crippen LogP contribution in [0.15, 0.2) is 24.5 Å². The molecular weight excluding hydrogens is 360 g/mol. The summed E-state index contributed by atoms with van der Waals surface area (Å²) in [6, 6.07) is 4.12. The lowest BCUT2D eigenvalue weighted by atomic mass is 10.1. The Morgan fingerprint density at radius 3 is 2.54 bits per heavy atom. The maximum Gasteiger partial charge on any atom is 0.257 e. The van der Waals surface area contributed by atoms with Crippen LogP contribution in [0.3, 0.4) is 0 Å². The van der Waals surface area contributed by atoms with E-state index in [1.807, 2.05) is 12.1 Å². The minimum atomic E-state index is -0.183. The zero-order valence-corrected chi connectivity index (χ0v) is 16.1. The minimum Gasteiger partial charge on any atom is -0.484 e. The Hall–Kier alpha value is -2.94. The largest absolute Gasteiger partial charge is 0.484 e. The van der Waals surface area contributed by atoms with Gasteiger partial charge in [0, 0.05) is 51.7 Å². The molecule has 0 spiro atoms. The first-order valence-electron chi connectivity index (χ1n) is 9.45. The standard InChI is InChI=1S/C19H24N6O3/c1-13(15-3-4-16-18(23-15)28-10-9-27-16)24-5-7-25(8-6-24)19-21-11-14(12-22-19)17(26)20-2/h3-4,11-13H,5-10H2,1-2H3,(H,20,26). The van der Waals surface area contributed by atoms with Crippen molar-refractivity contribution in [2.75, 3.05) is 51.3 Å². The summed E-state index contributed by atoms with van der Waals surface area (Å²) in [4.78, 5) is 29.4. The van der Waals surface area contributed by atoms with E-state index in [0.29, 0.717) is 36.4 Å². The fourth-order valence-corrected chi connectivity index (χ4v) is 3.42. The number of carbonyl (C=O) groups excluding carboxylic acids is 1. The zero-order valence-electron chi connectivity index (χ0n) is 16.1. The van der Waals surface area contributed by atoms with Crippen LogP contribution in [-0.4, -0.2) is 72.2 Å². The molecule has 1 N–H and O–H groups in total. The van der Waals surface area contributed by atoms with Crippen LogP contribution in [0.5, 0.6) is 11.6 Å². The van der Waals surface area contributed by atoms with E-state index >= 15 is 0 Å². The van der Waals surface area contributed by atoms with Gasteiger partial charge in [0.05, 0.1) is 11.3 Å². The summed E-state index contributed by atoms with van der Waals surface area (Å²) in [6.45, 7) is 6.63. The van der Waals surface area contributed by atoms with Crippen molar-refractivity contribution < 1.29 is 14.3 Å². The number of piperazine rings is 1. The lowest BCUT2D eigenvalue weighted by molar-refractivity contribution is 0.0962. The third-order valence-corrected chi connectivity index (χ3v) is 5.13. The van der Waals surface area contributed by atoms with Gasteiger partial charge in [0.1, 0.15) is 13.2 Å². The van der Waals surface area contributed by atoms with Gasteiger partial charge in [-0.15, -0.1) is 0 Å². The average Bonchev–Trinajstić information content (AvgIpc) is 2.78. The highest BCUT2D eigenvalue weighted by atomic mass is 16.6. The molecule has 1 amide bonds. The molecule has 9 nitrogen and oxygen atoms in total. The second-order valence-electron chi connectivity index (χ2n) is 6.79. The van der Waals surface area contributed by atoms with Crippen LogP contribution in [0.2, 0.25) is 0 Å². The summed E-state index contributed by atoms with van der Waals surface area (Å²) in [5.74, 6) is 1.76. The number of nitrogens with one attached hydrogen (secondary N) is 1. The molecular formula is C19H24N6O3. The number of pyridine rings is 1. The molecule has 1 unspecified atom stereocenters. The quantitative estimate of drug-likeness (QED) is 0.831. The highest BCUT2D eigenvalue weighted by molar-refractivity contribution is 5.93. The highest BCUT2D eigenvalue weighted by Crippen LogP contribution is 2.31. The maximum atomic E-state index is 11.6. The molecule has 0 saturated carbocycles. The zero-order chi connectivity index (χ0) is 19.5. The smallest absolute Gasteiger partial charge is 0.257 e. The van der Waals surface area contributed by atoms with Crippen LogP contribution in [0.4, 0.5) is 5.95 Å². The molecule has 0 radical (unpaired) electrons. The summed E-state index contributed by atoms with van der Waals surface area (Å²) in [6.07, 6.45) is 3.13. The van der Waals surface area contributed by atoms with Gasteiger partial charge < -0.3 is 19.7 Å². The average molecular weight is 384 g/mol. The summed E-state index contributed by atoms with van der Waals surface area (Å²) in [7, 11) is 1.59. The Morgan fingerprint density at radius 1 is 1.11 bits per heavy atom. The molecule has 2 aromatic rings. The number of aromatic nitrogens is 3. The monoisotopic (exact) mass is 384 g/mol.